The molecule has 0 bridgehead atoms. The van der Waals surface area contributed by atoms with Gasteiger partial charge in [-0.25, -0.2) is 0 Å². The molecule has 4 heteroatoms. The average molecular weight is 237 g/mol. The highest BCUT2D eigenvalue weighted by molar-refractivity contribution is 6.05. The monoisotopic (exact) mass is 237 g/mol. The van der Waals surface area contributed by atoms with Crippen LogP contribution in [0, 0.1) is 0 Å². The molecule has 0 spiro atoms. The molecule has 0 saturated carbocycles. The molecule has 0 aliphatic heterocycles. The van der Waals surface area contributed by atoms with Gasteiger partial charge in [-0.2, -0.15) is 0 Å². The van der Waals surface area contributed by atoms with Gasteiger partial charge in [0, 0.05) is 0 Å². The predicted octanol–water partition coefficient (Wildman–Crippen LogP) is 1.88. The summed E-state index contributed by atoms with van der Waals surface area (Å²) in [6, 6.07) is 5.19. The summed E-state index contributed by atoms with van der Waals surface area (Å²) in [7, 11) is 4.87. The zero-order valence-electron chi connectivity index (χ0n) is 11.0. The third-order valence-corrected chi connectivity index (χ3v) is 2.84. The lowest BCUT2D eigenvalue weighted by Crippen LogP contribution is -2.44. The van der Waals surface area contributed by atoms with Crippen LogP contribution in [0.1, 0.15) is 24.2 Å². The largest absolute Gasteiger partial charge is 0.497 e. The first kappa shape index (κ1) is 13.5. The molecule has 1 aromatic carbocycles. The maximum Gasteiger partial charge on any atom is 0.186 e. The molecule has 0 aliphatic rings. The van der Waals surface area contributed by atoms with E-state index in [1.165, 1.54) is 0 Å². The molecular weight excluding hydrogens is 218 g/mol. The summed E-state index contributed by atoms with van der Waals surface area (Å²) in [6.45, 7) is 3.66. The number of methoxy groups -OCH3 is 2. The average Bonchev–Trinajstić information content (AvgIpc) is 2.36. The quantitative estimate of drug-likeness (QED) is 0.794. The molecule has 17 heavy (non-hydrogen) atoms. The Morgan fingerprint density at radius 2 is 1.88 bits per heavy atom. The van der Waals surface area contributed by atoms with Crippen LogP contribution in [0.2, 0.25) is 0 Å². The van der Waals surface area contributed by atoms with E-state index in [0.29, 0.717) is 17.1 Å². The van der Waals surface area contributed by atoms with Crippen molar-refractivity contribution in [3.05, 3.63) is 23.8 Å². The number of ether oxygens (including phenoxy) is 2. The van der Waals surface area contributed by atoms with Crippen molar-refractivity contribution in [3.63, 3.8) is 0 Å². The second-order valence-electron chi connectivity index (χ2n) is 4.27. The van der Waals surface area contributed by atoms with E-state index in [1.54, 1.807) is 39.5 Å². The van der Waals surface area contributed by atoms with Crippen molar-refractivity contribution in [1.29, 1.82) is 0 Å². The topological polar surface area (TPSA) is 47.6 Å². The van der Waals surface area contributed by atoms with E-state index in [0.717, 1.165) is 0 Å². The molecule has 94 valence electrons. The predicted molar refractivity (Wildman–Crippen MR) is 67.0 cm³/mol. The SMILES string of the molecule is CNC(C)(C)C(=O)c1cc(OC)ccc1OC. The summed E-state index contributed by atoms with van der Waals surface area (Å²) >= 11 is 0. The Morgan fingerprint density at radius 1 is 1.24 bits per heavy atom. The molecule has 0 saturated heterocycles. The zero-order valence-corrected chi connectivity index (χ0v) is 11.0. The third kappa shape index (κ3) is 2.77. The van der Waals surface area contributed by atoms with Crippen molar-refractivity contribution in [2.75, 3.05) is 21.3 Å². The molecule has 4 nitrogen and oxygen atoms in total. The van der Waals surface area contributed by atoms with Crippen molar-refractivity contribution < 1.29 is 14.3 Å². The van der Waals surface area contributed by atoms with Crippen LogP contribution in [0.5, 0.6) is 11.5 Å². The van der Waals surface area contributed by atoms with E-state index in [9.17, 15) is 4.79 Å². The van der Waals surface area contributed by atoms with Crippen LogP contribution in [0.15, 0.2) is 18.2 Å². The summed E-state index contributed by atoms with van der Waals surface area (Å²) in [5, 5.41) is 2.98. The van der Waals surface area contributed by atoms with Crippen LogP contribution in [-0.4, -0.2) is 32.6 Å². The Morgan fingerprint density at radius 3 is 2.35 bits per heavy atom. The number of rotatable bonds is 5. The van der Waals surface area contributed by atoms with Crippen molar-refractivity contribution in [2.24, 2.45) is 0 Å². The number of carbonyl (C=O) groups is 1. The number of ketones is 1. The van der Waals surface area contributed by atoms with E-state index in [-0.39, 0.29) is 5.78 Å². The summed E-state index contributed by atoms with van der Waals surface area (Å²) in [4.78, 5) is 12.3. The number of hydrogen-bond donors (Lipinski definition) is 1. The summed E-state index contributed by atoms with van der Waals surface area (Å²) in [5.74, 6) is 1.16. The lowest BCUT2D eigenvalue weighted by molar-refractivity contribution is 0.0886. The van der Waals surface area contributed by atoms with Gasteiger partial charge in [-0.3, -0.25) is 4.79 Å². The first-order chi connectivity index (χ1) is 7.96. The maximum atomic E-state index is 12.3. The fraction of sp³-hybridized carbons (Fsp3) is 0.462. The number of carbonyl (C=O) groups excluding carboxylic acids is 1. The second-order valence-corrected chi connectivity index (χ2v) is 4.27. The molecule has 0 aromatic heterocycles. The van der Waals surface area contributed by atoms with Crippen LogP contribution in [0.3, 0.4) is 0 Å². The lowest BCUT2D eigenvalue weighted by atomic mass is 9.92. The van der Waals surface area contributed by atoms with Crippen LogP contribution in [0.4, 0.5) is 0 Å². The smallest absolute Gasteiger partial charge is 0.186 e. The van der Waals surface area contributed by atoms with E-state index >= 15 is 0 Å². The number of benzene rings is 1. The molecule has 1 aromatic rings. The number of likely N-dealkylation sites (N-methyl/N-ethyl adjacent to an activating group) is 1. The van der Waals surface area contributed by atoms with Gasteiger partial charge in [0.2, 0.25) is 0 Å². The van der Waals surface area contributed by atoms with E-state index in [2.05, 4.69) is 5.32 Å². The lowest BCUT2D eigenvalue weighted by Gasteiger charge is -2.23. The molecule has 1 N–H and O–H groups in total. The highest BCUT2D eigenvalue weighted by Gasteiger charge is 2.29. The van der Waals surface area contributed by atoms with Crippen LogP contribution < -0.4 is 14.8 Å². The normalized spacial score (nSPS) is 11.1. The third-order valence-electron chi connectivity index (χ3n) is 2.84. The standard InChI is InChI=1S/C13H19NO3/c1-13(2,14-3)12(15)10-8-9(16-4)6-7-11(10)17-5/h6-8,14H,1-5H3. The van der Waals surface area contributed by atoms with Gasteiger partial charge in [-0.05, 0) is 39.1 Å². The number of nitrogens with one attached hydrogen (secondary N) is 1. The molecule has 0 heterocycles. The number of Topliss-reactive ketones (excluding diaryl/α,β-unsaturated/α-hetero) is 1. The fourth-order valence-electron chi connectivity index (χ4n) is 1.44. The molecule has 0 aliphatic carbocycles. The van der Waals surface area contributed by atoms with Gasteiger partial charge in [0.25, 0.3) is 0 Å². The van der Waals surface area contributed by atoms with Crippen LogP contribution in [0.25, 0.3) is 0 Å². The Hall–Kier alpha value is -1.55. The van der Waals surface area contributed by atoms with Gasteiger partial charge in [-0.15, -0.1) is 0 Å². The van der Waals surface area contributed by atoms with Gasteiger partial charge in [0.1, 0.15) is 11.5 Å². The number of hydrogen-bond acceptors (Lipinski definition) is 4. The fourth-order valence-corrected chi connectivity index (χ4v) is 1.44. The highest BCUT2D eigenvalue weighted by atomic mass is 16.5. The molecule has 1 rings (SSSR count). The maximum absolute atomic E-state index is 12.3. The zero-order chi connectivity index (χ0) is 13.1. The molecular formula is C13H19NO3. The van der Waals surface area contributed by atoms with Crippen molar-refractivity contribution in [2.45, 2.75) is 19.4 Å². The first-order valence-corrected chi connectivity index (χ1v) is 5.42. The van der Waals surface area contributed by atoms with Crippen LogP contribution >= 0.6 is 0 Å². The van der Waals surface area contributed by atoms with E-state index in [4.69, 9.17) is 9.47 Å². The molecule has 0 fully saturated rings. The summed E-state index contributed by atoms with van der Waals surface area (Å²) in [5.41, 5.74) is -0.120. The van der Waals surface area contributed by atoms with Crippen molar-refractivity contribution in [3.8, 4) is 11.5 Å². The molecule has 0 radical (unpaired) electrons. The van der Waals surface area contributed by atoms with Gasteiger partial charge in [0.15, 0.2) is 5.78 Å². The van der Waals surface area contributed by atoms with E-state index in [1.807, 2.05) is 13.8 Å². The summed E-state index contributed by atoms with van der Waals surface area (Å²) in [6.07, 6.45) is 0. The van der Waals surface area contributed by atoms with E-state index < -0.39 is 5.54 Å². The minimum absolute atomic E-state index is 0.0317. The Labute approximate surface area is 102 Å². The summed E-state index contributed by atoms with van der Waals surface area (Å²) < 4.78 is 10.3. The minimum atomic E-state index is -0.639. The molecule has 0 unspecified atom stereocenters. The van der Waals surface area contributed by atoms with Gasteiger partial charge >= 0.3 is 0 Å². The van der Waals surface area contributed by atoms with Crippen LogP contribution in [-0.2, 0) is 0 Å². The highest BCUT2D eigenvalue weighted by Crippen LogP contribution is 2.27. The minimum Gasteiger partial charge on any atom is -0.497 e. The second kappa shape index (κ2) is 5.19. The first-order valence-electron chi connectivity index (χ1n) is 5.42. The molecule has 0 amide bonds. The van der Waals surface area contributed by atoms with Crippen molar-refractivity contribution in [1.82, 2.24) is 5.32 Å². The Kier molecular flexibility index (Phi) is 4.12. The van der Waals surface area contributed by atoms with Gasteiger partial charge in [-0.1, -0.05) is 0 Å². The Balaban J connectivity index is 3.23. The molecule has 0 atom stereocenters. The van der Waals surface area contributed by atoms with Crippen molar-refractivity contribution >= 4 is 5.78 Å². The Bertz CT molecular complexity index is 413. The van der Waals surface area contributed by atoms with Gasteiger partial charge in [0.05, 0.1) is 25.3 Å². The van der Waals surface area contributed by atoms with Gasteiger partial charge < -0.3 is 14.8 Å².